The van der Waals surface area contributed by atoms with Gasteiger partial charge in [0.05, 0.1) is 0 Å². The highest BCUT2D eigenvalue weighted by molar-refractivity contribution is 7.12. The number of thiophene rings is 1. The monoisotopic (exact) mass is 432 g/mol. The summed E-state index contributed by atoms with van der Waals surface area (Å²) in [5, 5.41) is 10.2. The quantitative estimate of drug-likeness (QED) is 0.648. The molecule has 152 valence electrons. The molecule has 0 unspecified atom stereocenters. The third-order valence-corrected chi connectivity index (χ3v) is 6.19. The lowest BCUT2D eigenvalue weighted by Crippen LogP contribution is -2.41. The van der Waals surface area contributed by atoms with Gasteiger partial charge in [0.2, 0.25) is 0 Å². The molecular formula is C20H21ClN4O3S. The van der Waals surface area contributed by atoms with Crippen molar-refractivity contribution in [2.24, 2.45) is 5.92 Å². The summed E-state index contributed by atoms with van der Waals surface area (Å²) in [5.41, 5.74) is -0.214. The Morgan fingerprint density at radius 3 is 2.69 bits per heavy atom. The maximum Gasteiger partial charge on any atom is 0.348 e. The number of aromatic amines is 1. The number of carbonyl (C=O) groups is 1. The van der Waals surface area contributed by atoms with Crippen LogP contribution < -0.4 is 10.4 Å². The highest BCUT2D eigenvalue weighted by Gasteiger charge is 2.25. The zero-order valence-electron chi connectivity index (χ0n) is 15.7. The lowest BCUT2D eigenvalue weighted by molar-refractivity contribution is -0.134. The van der Waals surface area contributed by atoms with Crippen LogP contribution in [0.5, 0.6) is 5.75 Å². The van der Waals surface area contributed by atoms with Gasteiger partial charge in [-0.25, -0.2) is 14.5 Å². The second-order valence-corrected chi connectivity index (χ2v) is 8.37. The standard InChI is InChI=1S/C20H21ClN4O3S/c21-15-3-5-16(6-4-15)28-13-18(26)24-9-7-14(8-10-24)12-17-22-23-20(27)25(17)19-2-1-11-29-19/h1-6,11,14H,7-10,12-13H2,(H,23,27). The molecule has 3 heterocycles. The highest BCUT2D eigenvalue weighted by Crippen LogP contribution is 2.23. The van der Waals surface area contributed by atoms with Gasteiger partial charge < -0.3 is 9.64 Å². The first kappa shape index (κ1) is 19.7. The van der Waals surface area contributed by atoms with Gasteiger partial charge in [-0.15, -0.1) is 11.3 Å². The van der Waals surface area contributed by atoms with Crippen LogP contribution in [0.1, 0.15) is 18.7 Å². The number of hydrogen-bond acceptors (Lipinski definition) is 5. The average molecular weight is 433 g/mol. The Labute approximate surface area is 176 Å². The van der Waals surface area contributed by atoms with Gasteiger partial charge in [0.25, 0.3) is 5.91 Å². The zero-order chi connectivity index (χ0) is 20.2. The van der Waals surface area contributed by atoms with Gasteiger partial charge in [0.15, 0.2) is 6.61 Å². The predicted molar refractivity (Wildman–Crippen MR) is 112 cm³/mol. The number of ether oxygens (including phenoxy) is 1. The van der Waals surface area contributed by atoms with Crippen LogP contribution >= 0.6 is 22.9 Å². The Kier molecular flexibility index (Phi) is 6.01. The zero-order valence-corrected chi connectivity index (χ0v) is 17.3. The molecule has 7 nitrogen and oxygen atoms in total. The van der Waals surface area contributed by atoms with Crippen LogP contribution in [0, 0.1) is 5.92 Å². The van der Waals surface area contributed by atoms with Crippen molar-refractivity contribution in [1.82, 2.24) is 19.7 Å². The van der Waals surface area contributed by atoms with Crippen molar-refractivity contribution >= 4 is 28.8 Å². The fourth-order valence-corrected chi connectivity index (χ4v) is 4.38. The maximum absolute atomic E-state index is 12.4. The molecule has 0 spiro atoms. The second-order valence-electron chi connectivity index (χ2n) is 7.00. The Hall–Kier alpha value is -2.58. The smallest absolute Gasteiger partial charge is 0.348 e. The van der Waals surface area contributed by atoms with E-state index in [1.54, 1.807) is 28.8 Å². The molecule has 9 heteroatoms. The molecule has 1 aliphatic rings. The minimum Gasteiger partial charge on any atom is -0.484 e. The van der Waals surface area contributed by atoms with Crippen LogP contribution in [0.4, 0.5) is 0 Å². The molecule has 1 saturated heterocycles. The van der Waals surface area contributed by atoms with Crippen LogP contribution in [0.3, 0.4) is 0 Å². The molecule has 0 bridgehead atoms. The number of hydrogen-bond donors (Lipinski definition) is 1. The molecule has 1 aromatic carbocycles. The van der Waals surface area contributed by atoms with E-state index < -0.39 is 0 Å². The van der Waals surface area contributed by atoms with Gasteiger partial charge in [-0.3, -0.25) is 4.79 Å². The van der Waals surface area contributed by atoms with Crippen molar-refractivity contribution in [2.45, 2.75) is 19.3 Å². The van der Waals surface area contributed by atoms with Crippen molar-refractivity contribution in [3.05, 3.63) is 63.1 Å². The SMILES string of the molecule is O=C(COc1ccc(Cl)cc1)N1CCC(Cc2n[nH]c(=O)n2-c2cccs2)CC1. The minimum absolute atomic E-state index is 0.0174. The highest BCUT2D eigenvalue weighted by atomic mass is 35.5. The summed E-state index contributed by atoms with van der Waals surface area (Å²) in [6.07, 6.45) is 2.45. The van der Waals surface area contributed by atoms with Crippen LogP contribution in [-0.4, -0.2) is 45.3 Å². The van der Waals surface area contributed by atoms with Crippen LogP contribution in [0.15, 0.2) is 46.6 Å². The Balaban J connectivity index is 1.29. The molecule has 1 N–H and O–H groups in total. The van der Waals surface area contributed by atoms with E-state index in [1.165, 1.54) is 11.3 Å². The number of aromatic nitrogens is 3. The number of nitrogens with one attached hydrogen (secondary N) is 1. The molecule has 3 aromatic rings. The second kappa shape index (κ2) is 8.84. The van der Waals surface area contributed by atoms with Crippen molar-refractivity contribution in [3.8, 4) is 10.8 Å². The number of nitrogens with zero attached hydrogens (tertiary/aromatic N) is 3. The van der Waals surface area contributed by atoms with Gasteiger partial charge >= 0.3 is 5.69 Å². The average Bonchev–Trinajstić information content (AvgIpc) is 3.37. The molecular weight excluding hydrogens is 412 g/mol. The largest absolute Gasteiger partial charge is 0.484 e. The minimum atomic E-state index is -0.214. The van der Waals surface area contributed by atoms with Crippen LogP contribution in [0.25, 0.3) is 5.00 Å². The van der Waals surface area contributed by atoms with Gasteiger partial charge in [0.1, 0.15) is 16.6 Å². The lowest BCUT2D eigenvalue weighted by atomic mass is 9.93. The van der Waals surface area contributed by atoms with Gasteiger partial charge in [0, 0.05) is 24.5 Å². The number of benzene rings is 1. The Bertz CT molecular complexity index is 1010. The molecule has 1 amide bonds. The molecule has 1 aliphatic heterocycles. The van der Waals surface area contributed by atoms with Crippen molar-refractivity contribution < 1.29 is 9.53 Å². The van der Waals surface area contributed by atoms with E-state index in [2.05, 4.69) is 10.2 Å². The van der Waals surface area contributed by atoms with E-state index in [0.717, 1.165) is 23.7 Å². The number of likely N-dealkylation sites (tertiary alicyclic amines) is 1. The molecule has 0 aliphatic carbocycles. The summed E-state index contributed by atoms with van der Waals surface area (Å²) >= 11 is 7.36. The van der Waals surface area contributed by atoms with Crippen molar-refractivity contribution in [1.29, 1.82) is 0 Å². The fourth-order valence-electron chi connectivity index (χ4n) is 3.50. The van der Waals surface area contributed by atoms with E-state index in [1.807, 2.05) is 22.4 Å². The van der Waals surface area contributed by atoms with Crippen LogP contribution in [-0.2, 0) is 11.2 Å². The molecule has 29 heavy (non-hydrogen) atoms. The number of rotatable bonds is 6. The molecule has 1 fully saturated rings. The first-order valence-corrected chi connectivity index (χ1v) is 10.7. The first-order valence-electron chi connectivity index (χ1n) is 9.46. The van der Waals surface area contributed by atoms with Gasteiger partial charge in [-0.2, -0.15) is 5.10 Å². The summed E-state index contributed by atoms with van der Waals surface area (Å²) < 4.78 is 7.20. The summed E-state index contributed by atoms with van der Waals surface area (Å²) in [5.74, 6) is 1.73. The third-order valence-electron chi connectivity index (χ3n) is 5.08. The first-order chi connectivity index (χ1) is 14.1. The number of halogens is 1. The normalized spacial score (nSPS) is 14.9. The van der Waals surface area contributed by atoms with E-state index in [9.17, 15) is 9.59 Å². The van der Waals surface area contributed by atoms with Gasteiger partial charge in [-0.1, -0.05) is 11.6 Å². The maximum atomic E-state index is 12.4. The number of H-pyrrole nitrogens is 1. The third kappa shape index (κ3) is 4.71. The summed E-state index contributed by atoms with van der Waals surface area (Å²) in [6, 6.07) is 10.8. The summed E-state index contributed by atoms with van der Waals surface area (Å²) in [7, 11) is 0. The van der Waals surface area contributed by atoms with E-state index in [0.29, 0.717) is 36.2 Å². The topological polar surface area (TPSA) is 80.2 Å². The van der Waals surface area contributed by atoms with Gasteiger partial charge in [-0.05, 0) is 60.5 Å². The fraction of sp³-hybridized carbons (Fsp3) is 0.350. The van der Waals surface area contributed by atoms with E-state index in [4.69, 9.17) is 16.3 Å². The molecule has 2 aromatic heterocycles. The summed E-state index contributed by atoms with van der Waals surface area (Å²) in [4.78, 5) is 26.4. The molecule has 0 atom stereocenters. The number of amides is 1. The molecule has 0 radical (unpaired) electrons. The van der Waals surface area contributed by atoms with Crippen LogP contribution in [0.2, 0.25) is 5.02 Å². The molecule has 4 rings (SSSR count). The lowest BCUT2D eigenvalue weighted by Gasteiger charge is -2.31. The Morgan fingerprint density at radius 1 is 1.24 bits per heavy atom. The van der Waals surface area contributed by atoms with E-state index >= 15 is 0 Å². The number of carbonyl (C=O) groups excluding carboxylic acids is 1. The van der Waals surface area contributed by atoms with Crippen molar-refractivity contribution in [3.63, 3.8) is 0 Å². The predicted octanol–water partition coefficient (Wildman–Crippen LogP) is 3.14. The van der Waals surface area contributed by atoms with Crippen molar-refractivity contribution in [2.75, 3.05) is 19.7 Å². The number of piperidine rings is 1. The van der Waals surface area contributed by atoms with E-state index in [-0.39, 0.29) is 18.2 Å². The molecule has 0 saturated carbocycles. The Morgan fingerprint density at radius 2 is 2.00 bits per heavy atom. The summed E-state index contributed by atoms with van der Waals surface area (Å²) in [6.45, 7) is 1.38.